The maximum atomic E-state index is 5.66. The standard InChI is InChI=1S/C8H16N4/c1-6(2)10-4-7-5-12(3)11-8(7)9/h5-6,10H,4H2,1-3H3,(H2,9,11). The van der Waals surface area contributed by atoms with E-state index in [0.717, 1.165) is 12.1 Å². The summed E-state index contributed by atoms with van der Waals surface area (Å²) >= 11 is 0. The van der Waals surface area contributed by atoms with Crippen molar-refractivity contribution in [2.24, 2.45) is 7.05 Å². The van der Waals surface area contributed by atoms with Crippen molar-refractivity contribution < 1.29 is 0 Å². The van der Waals surface area contributed by atoms with Gasteiger partial charge < -0.3 is 11.1 Å². The Morgan fingerprint density at radius 2 is 2.33 bits per heavy atom. The Balaban J connectivity index is 2.57. The molecule has 1 heterocycles. The van der Waals surface area contributed by atoms with Crippen LogP contribution >= 0.6 is 0 Å². The first-order chi connectivity index (χ1) is 5.59. The number of aryl methyl sites for hydroxylation is 1. The normalized spacial score (nSPS) is 11.0. The van der Waals surface area contributed by atoms with E-state index in [1.807, 2.05) is 13.2 Å². The van der Waals surface area contributed by atoms with Gasteiger partial charge in [0, 0.05) is 31.4 Å². The Kier molecular flexibility index (Phi) is 2.70. The monoisotopic (exact) mass is 168 g/mol. The average molecular weight is 168 g/mol. The van der Waals surface area contributed by atoms with Crippen LogP contribution in [0.25, 0.3) is 0 Å². The zero-order valence-electron chi connectivity index (χ0n) is 7.83. The van der Waals surface area contributed by atoms with Crippen molar-refractivity contribution in [3.63, 3.8) is 0 Å². The Morgan fingerprint density at radius 3 is 2.75 bits per heavy atom. The molecule has 0 aliphatic carbocycles. The maximum Gasteiger partial charge on any atom is 0.149 e. The minimum absolute atomic E-state index is 0.476. The number of nitrogen functional groups attached to an aromatic ring is 1. The summed E-state index contributed by atoms with van der Waals surface area (Å²) in [6, 6.07) is 0.476. The van der Waals surface area contributed by atoms with Gasteiger partial charge in [-0.05, 0) is 0 Å². The van der Waals surface area contributed by atoms with Crippen molar-refractivity contribution in [3.8, 4) is 0 Å². The predicted octanol–water partition coefficient (Wildman–Crippen LogP) is 0.500. The fraction of sp³-hybridized carbons (Fsp3) is 0.625. The summed E-state index contributed by atoms with van der Waals surface area (Å²) in [5, 5.41) is 7.33. The molecule has 12 heavy (non-hydrogen) atoms. The van der Waals surface area contributed by atoms with Gasteiger partial charge in [-0.25, -0.2) is 0 Å². The van der Waals surface area contributed by atoms with Gasteiger partial charge in [-0.15, -0.1) is 0 Å². The van der Waals surface area contributed by atoms with Crippen molar-refractivity contribution in [2.45, 2.75) is 26.4 Å². The van der Waals surface area contributed by atoms with E-state index in [1.54, 1.807) is 4.68 Å². The van der Waals surface area contributed by atoms with E-state index >= 15 is 0 Å². The molecule has 0 amide bonds. The van der Waals surface area contributed by atoms with Crippen LogP contribution in [0.3, 0.4) is 0 Å². The van der Waals surface area contributed by atoms with E-state index in [2.05, 4.69) is 24.3 Å². The highest BCUT2D eigenvalue weighted by atomic mass is 15.3. The number of nitrogens with two attached hydrogens (primary N) is 1. The molecule has 0 saturated carbocycles. The molecule has 1 rings (SSSR count). The van der Waals surface area contributed by atoms with E-state index in [0.29, 0.717) is 11.9 Å². The van der Waals surface area contributed by atoms with Crippen LogP contribution in [-0.4, -0.2) is 15.8 Å². The highest BCUT2D eigenvalue weighted by Crippen LogP contribution is 2.06. The molecule has 1 aromatic rings. The summed E-state index contributed by atoms with van der Waals surface area (Å²) in [7, 11) is 1.87. The third kappa shape index (κ3) is 2.23. The molecule has 4 heteroatoms. The first kappa shape index (κ1) is 9.06. The van der Waals surface area contributed by atoms with Gasteiger partial charge in [0.15, 0.2) is 0 Å². The molecule has 0 unspecified atom stereocenters. The predicted molar refractivity (Wildman–Crippen MR) is 49.6 cm³/mol. The molecular weight excluding hydrogens is 152 g/mol. The Labute approximate surface area is 72.8 Å². The van der Waals surface area contributed by atoms with Crippen molar-refractivity contribution in [1.29, 1.82) is 0 Å². The summed E-state index contributed by atoms with van der Waals surface area (Å²) in [6.45, 7) is 5.00. The lowest BCUT2D eigenvalue weighted by Crippen LogP contribution is -2.22. The Hall–Kier alpha value is -1.03. The SMILES string of the molecule is CC(C)NCc1cn(C)nc1N. The number of hydrogen-bond donors (Lipinski definition) is 2. The van der Waals surface area contributed by atoms with Crippen molar-refractivity contribution in [3.05, 3.63) is 11.8 Å². The molecule has 1 aromatic heterocycles. The summed E-state index contributed by atoms with van der Waals surface area (Å²) in [6.07, 6.45) is 1.94. The minimum Gasteiger partial charge on any atom is -0.382 e. The molecule has 4 nitrogen and oxygen atoms in total. The van der Waals surface area contributed by atoms with Crippen LogP contribution in [0.5, 0.6) is 0 Å². The zero-order valence-corrected chi connectivity index (χ0v) is 7.83. The van der Waals surface area contributed by atoms with Crippen molar-refractivity contribution >= 4 is 5.82 Å². The lowest BCUT2D eigenvalue weighted by molar-refractivity contribution is 0.589. The largest absolute Gasteiger partial charge is 0.382 e. The fourth-order valence-corrected chi connectivity index (χ4v) is 1.00. The molecule has 0 aromatic carbocycles. The second kappa shape index (κ2) is 3.58. The van der Waals surface area contributed by atoms with Crippen LogP contribution in [0.1, 0.15) is 19.4 Å². The molecule has 0 atom stereocenters. The summed E-state index contributed by atoms with van der Waals surface area (Å²) in [4.78, 5) is 0. The third-order valence-electron chi connectivity index (χ3n) is 1.64. The highest BCUT2D eigenvalue weighted by Gasteiger charge is 2.03. The van der Waals surface area contributed by atoms with E-state index in [1.165, 1.54) is 0 Å². The van der Waals surface area contributed by atoms with Crippen molar-refractivity contribution in [1.82, 2.24) is 15.1 Å². The highest BCUT2D eigenvalue weighted by molar-refractivity contribution is 5.36. The molecule has 3 N–H and O–H groups in total. The molecular formula is C8H16N4. The first-order valence-corrected chi connectivity index (χ1v) is 4.11. The third-order valence-corrected chi connectivity index (χ3v) is 1.64. The smallest absolute Gasteiger partial charge is 0.149 e. The topological polar surface area (TPSA) is 55.9 Å². The lowest BCUT2D eigenvalue weighted by atomic mass is 10.3. The van der Waals surface area contributed by atoms with Crippen LogP contribution in [0.15, 0.2) is 6.20 Å². The molecule has 0 bridgehead atoms. The van der Waals surface area contributed by atoms with Crippen LogP contribution < -0.4 is 11.1 Å². The molecule has 0 aliphatic heterocycles. The van der Waals surface area contributed by atoms with E-state index < -0.39 is 0 Å². The van der Waals surface area contributed by atoms with Crippen LogP contribution in [0.2, 0.25) is 0 Å². The summed E-state index contributed by atoms with van der Waals surface area (Å²) in [5.41, 5.74) is 6.72. The second-order valence-corrected chi connectivity index (χ2v) is 3.25. The molecule has 0 aliphatic rings. The Morgan fingerprint density at radius 1 is 1.67 bits per heavy atom. The van der Waals surface area contributed by atoms with E-state index in [-0.39, 0.29) is 0 Å². The number of aromatic nitrogens is 2. The minimum atomic E-state index is 0.476. The maximum absolute atomic E-state index is 5.66. The van der Waals surface area contributed by atoms with Crippen LogP contribution in [-0.2, 0) is 13.6 Å². The van der Waals surface area contributed by atoms with Gasteiger partial charge in [0.2, 0.25) is 0 Å². The van der Waals surface area contributed by atoms with Gasteiger partial charge in [-0.1, -0.05) is 13.8 Å². The number of hydrogen-bond acceptors (Lipinski definition) is 3. The second-order valence-electron chi connectivity index (χ2n) is 3.25. The summed E-state index contributed by atoms with van der Waals surface area (Å²) < 4.78 is 1.73. The molecule has 0 spiro atoms. The zero-order chi connectivity index (χ0) is 9.14. The van der Waals surface area contributed by atoms with E-state index in [4.69, 9.17) is 5.73 Å². The number of anilines is 1. The van der Waals surface area contributed by atoms with Crippen LogP contribution in [0.4, 0.5) is 5.82 Å². The molecule has 0 radical (unpaired) electrons. The lowest BCUT2D eigenvalue weighted by Gasteiger charge is -2.05. The first-order valence-electron chi connectivity index (χ1n) is 4.11. The fourth-order valence-electron chi connectivity index (χ4n) is 1.00. The van der Waals surface area contributed by atoms with Gasteiger partial charge in [0.25, 0.3) is 0 Å². The number of nitrogens with zero attached hydrogens (tertiary/aromatic N) is 2. The van der Waals surface area contributed by atoms with Gasteiger partial charge in [-0.3, -0.25) is 4.68 Å². The van der Waals surface area contributed by atoms with Crippen molar-refractivity contribution in [2.75, 3.05) is 5.73 Å². The number of nitrogens with one attached hydrogen (secondary N) is 1. The number of rotatable bonds is 3. The molecule has 0 saturated heterocycles. The average Bonchev–Trinajstić information content (AvgIpc) is 2.26. The van der Waals surface area contributed by atoms with Gasteiger partial charge >= 0.3 is 0 Å². The van der Waals surface area contributed by atoms with E-state index in [9.17, 15) is 0 Å². The van der Waals surface area contributed by atoms with Gasteiger partial charge in [0.05, 0.1) is 0 Å². The Bertz CT molecular complexity index is 252. The summed E-state index contributed by atoms with van der Waals surface area (Å²) in [5.74, 6) is 0.616. The quantitative estimate of drug-likeness (QED) is 0.691. The van der Waals surface area contributed by atoms with Gasteiger partial charge in [0.1, 0.15) is 5.82 Å². The van der Waals surface area contributed by atoms with Crippen LogP contribution in [0, 0.1) is 0 Å². The molecule has 68 valence electrons. The molecule has 0 fully saturated rings. The van der Waals surface area contributed by atoms with Gasteiger partial charge in [-0.2, -0.15) is 5.10 Å².